The molecule has 1 aromatic carbocycles. The number of rotatable bonds is 6. The van der Waals surface area contributed by atoms with E-state index in [9.17, 15) is 23.1 Å². The number of fused-ring (bicyclic) bond motifs is 1. The molecule has 1 N–H and O–H groups in total. The molecule has 0 spiro atoms. The third kappa shape index (κ3) is 4.51. The van der Waals surface area contributed by atoms with Crippen molar-refractivity contribution in [3.05, 3.63) is 59.9 Å². The van der Waals surface area contributed by atoms with Crippen LogP contribution in [0.4, 0.5) is 13.2 Å². The highest BCUT2D eigenvalue weighted by atomic mass is 19.4. The van der Waals surface area contributed by atoms with E-state index in [2.05, 4.69) is 9.72 Å². The van der Waals surface area contributed by atoms with Crippen LogP contribution in [0.25, 0.3) is 10.9 Å². The Morgan fingerprint density at radius 3 is 2.35 bits per heavy atom. The summed E-state index contributed by atoms with van der Waals surface area (Å²) in [5.74, 6) is -1.72. The second kappa shape index (κ2) is 9.82. The van der Waals surface area contributed by atoms with Gasteiger partial charge in [-0.3, -0.25) is 0 Å². The smallest absolute Gasteiger partial charge is 0.432 e. The van der Waals surface area contributed by atoms with Gasteiger partial charge in [0.25, 0.3) is 5.60 Å². The average molecular weight is 438 g/mol. The van der Waals surface area contributed by atoms with Gasteiger partial charge < -0.3 is 19.1 Å². The van der Waals surface area contributed by atoms with Crippen LogP contribution >= 0.6 is 0 Å². The number of benzene rings is 1. The van der Waals surface area contributed by atoms with E-state index >= 15 is 0 Å². The van der Waals surface area contributed by atoms with E-state index in [1.165, 1.54) is 30.9 Å². The van der Waals surface area contributed by atoms with E-state index in [1.54, 1.807) is 24.3 Å². The lowest BCUT2D eigenvalue weighted by molar-refractivity contribution is -0.267. The monoisotopic (exact) mass is 438 g/mol. The quantitative estimate of drug-likeness (QED) is 0.577. The lowest BCUT2D eigenvalue weighted by Gasteiger charge is -2.27. The molecule has 3 aromatic rings. The van der Waals surface area contributed by atoms with Gasteiger partial charge in [0, 0.05) is 29.9 Å². The topological polar surface area (TPSA) is 73.6 Å². The maximum Gasteiger partial charge on any atom is 0.432 e. The van der Waals surface area contributed by atoms with E-state index in [0.29, 0.717) is 0 Å². The molecular weight excluding hydrogens is 413 g/mol. The number of aromatic nitrogens is 2. The summed E-state index contributed by atoms with van der Waals surface area (Å²) in [5.41, 5.74) is -3.46. The predicted molar refractivity (Wildman–Crippen MR) is 110 cm³/mol. The number of pyridine rings is 1. The number of carbonyl (C=O) groups excluding carboxylic acids is 1. The number of carbonyl (C=O) groups is 1. The van der Waals surface area contributed by atoms with Gasteiger partial charge in [0.05, 0.1) is 13.7 Å². The Kier molecular flexibility index (Phi) is 7.67. The van der Waals surface area contributed by atoms with Gasteiger partial charge in [-0.1, -0.05) is 44.2 Å². The minimum absolute atomic E-state index is 0.0133. The SMILES string of the molecule is CC.CCOC(=O)C(O)(c1cn(Cc2ccccc2)c2c(OC)nccc12)C(F)(F)F. The highest BCUT2D eigenvalue weighted by Crippen LogP contribution is 2.44. The van der Waals surface area contributed by atoms with Crippen LogP contribution in [0, 0.1) is 0 Å². The zero-order chi connectivity index (χ0) is 23.2. The van der Waals surface area contributed by atoms with E-state index < -0.39 is 23.3 Å². The maximum absolute atomic E-state index is 13.9. The standard InChI is InChI=1S/C20H19F3N2O4.C2H6/c1-3-29-18(26)19(27,20(21,22)23)15-12-25(11-13-7-5-4-6-8-13)16-14(15)9-10-24-17(16)28-2;1-2/h4-10,12,27H,3,11H2,1-2H3;1-2H3. The Morgan fingerprint density at radius 2 is 1.81 bits per heavy atom. The third-order valence-electron chi connectivity index (χ3n) is 4.51. The molecular formula is C22H25F3N2O4. The number of ether oxygens (including phenoxy) is 2. The van der Waals surface area contributed by atoms with Crippen molar-refractivity contribution in [1.29, 1.82) is 0 Å². The number of esters is 1. The number of alkyl halides is 3. The summed E-state index contributed by atoms with van der Waals surface area (Å²) < 4.78 is 52.9. The largest absolute Gasteiger partial charge is 0.479 e. The zero-order valence-corrected chi connectivity index (χ0v) is 17.7. The van der Waals surface area contributed by atoms with Crippen molar-refractivity contribution in [1.82, 2.24) is 9.55 Å². The van der Waals surface area contributed by atoms with Crippen LogP contribution in [0.3, 0.4) is 0 Å². The molecule has 6 nitrogen and oxygen atoms in total. The molecule has 0 aliphatic carbocycles. The summed E-state index contributed by atoms with van der Waals surface area (Å²) in [4.78, 5) is 16.3. The lowest BCUT2D eigenvalue weighted by atomic mass is 9.93. The summed E-state index contributed by atoms with van der Waals surface area (Å²) in [6, 6.07) is 10.3. The molecule has 0 bridgehead atoms. The van der Waals surface area contributed by atoms with Crippen LogP contribution in [-0.4, -0.2) is 40.5 Å². The highest BCUT2D eigenvalue weighted by molar-refractivity contribution is 5.94. The normalized spacial score (nSPS) is 13.2. The molecule has 2 heterocycles. The number of nitrogens with zero attached hydrogens (tertiary/aromatic N) is 2. The fraction of sp³-hybridized carbons (Fsp3) is 0.364. The molecule has 9 heteroatoms. The van der Waals surface area contributed by atoms with E-state index in [4.69, 9.17) is 4.74 Å². The average Bonchev–Trinajstić information content (AvgIpc) is 3.13. The van der Waals surface area contributed by atoms with E-state index in [0.717, 1.165) is 11.8 Å². The Balaban J connectivity index is 0.00000166. The Hall–Kier alpha value is -3.07. The third-order valence-corrected chi connectivity index (χ3v) is 4.51. The van der Waals surface area contributed by atoms with Gasteiger partial charge in [0.15, 0.2) is 0 Å². The molecule has 0 aliphatic heterocycles. The number of methoxy groups -OCH3 is 1. The van der Waals surface area contributed by atoms with Gasteiger partial charge in [-0.05, 0) is 18.6 Å². The molecule has 0 radical (unpaired) electrons. The van der Waals surface area contributed by atoms with Crippen LogP contribution in [0.15, 0.2) is 48.8 Å². The first-order chi connectivity index (χ1) is 14.7. The molecule has 1 atom stereocenters. The first kappa shape index (κ1) is 24.2. The summed E-state index contributed by atoms with van der Waals surface area (Å²) in [6.45, 7) is 5.22. The first-order valence-electron chi connectivity index (χ1n) is 9.76. The van der Waals surface area contributed by atoms with Crippen LogP contribution in [0.5, 0.6) is 5.88 Å². The maximum atomic E-state index is 13.9. The molecule has 0 aliphatic rings. The number of halogens is 3. The van der Waals surface area contributed by atoms with Crippen molar-refractivity contribution in [3.63, 3.8) is 0 Å². The predicted octanol–water partition coefficient (Wildman–Crippen LogP) is 4.43. The summed E-state index contributed by atoms with van der Waals surface area (Å²) in [5, 5.41) is 10.6. The van der Waals surface area contributed by atoms with Gasteiger partial charge >= 0.3 is 12.1 Å². The van der Waals surface area contributed by atoms with Crippen molar-refractivity contribution >= 4 is 16.9 Å². The van der Waals surface area contributed by atoms with Crippen molar-refractivity contribution in [2.45, 2.75) is 39.1 Å². The number of hydrogen-bond acceptors (Lipinski definition) is 5. The first-order valence-corrected chi connectivity index (χ1v) is 9.76. The number of hydrogen-bond donors (Lipinski definition) is 1. The molecule has 31 heavy (non-hydrogen) atoms. The molecule has 0 fully saturated rings. The zero-order valence-electron chi connectivity index (χ0n) is 17.7. The minimum atomic E-state index is -5.30. The second-order valence-corrected chi connectivity index (χ2v) is 6.30. The Bertz CT molecular complexity index is 1020. The molecule has 0 saturated heterocycles. The van der Waals surface area contributed by atoms with Gasteiger partial charge in [-0.15, -0.1) is 0 Å². The van der Waals surface area contributed by atoms with E-state index in [-0.39, 0.29) is 29.9 Å². The van der Waals surface area contributed by atoms with Crippen LogP contribution < -0.4 is 4.74 Å². The van der Waals surface area contributed by atoms with Crippen LogP contribution in [-0.2, 0) is 21.7 Å². The van der Waals surface area contributed by atoms with Crippen molar-refractivity contribution in [2.75, 3.05) is 13.7 Å². The Morgan fingerprint density at radius 1 is 1.16 bits per heavy atom. The van der Waals surface area contributed by atoms with Crippen molar-refractivity contribution in [3.8, 4) is 5.88 Å². The summed E-state index contributed by atoms with van der Waals surface area (Å²) in [7, 11) is 1.34. The van der Waals surface area contributed by atoms with Crippen molar-refractivity contribution in [2.24, 2.45) is 0 Å². The summed E-state index contributed by atoms with van der Waals surface area (Å²) >= 11 is 0. The molecule has 3 rings (SSSR count). The van der Waals surface area contributed by atoms with Gasteiger partial charge in [-0.2, -0.15) is 13.2 Å². The van der Waals surface area contributed by atoms with Crippen LogP contribution in [0.1, 0.15) is 31.9 Å². The van der Waals surface area contributed by atoms with Gasteiger partial charge in [0.1, 0.15) is 5.52 Å². The van der Waals surface area contributed by atoms with Crippen molar-refractivity contribution < 1.29 is 32.5 Å². The lowest BCUT2D eigenvalue weighted by Crippen LogP contribution is -2.50. The molecule has 2 aromatic heterocycles. The van der Waals surface area contributed by atoms with E-state index in [1.807, 2.05) is 19.9 Å². The fourth-order valence-corrected chi connectivity index (χ4v) is 3.18. The van der Waals surface area contributed by atoms with Gasteiger partial charge in [-0.25, -0.2) is 9.78 Å². The molecule has 0 amide bonds. The van der Waals surface area contributed by atoms with Crippen LogP contribution in [0.2, 0.25) is 0 Å². The minimum Gasteiger partial charge on any atom is -0.479 e. The second-order valence-electron chi connectivity index (χ2n) is 6.30. The number of aliphatic hydroxyl groups is 1. The molecule has 0 saturated carbocycles. The molecule has 168 valence electrons. The fourth-order valence-electron chi connectivity index (χ4n) is 3.18. The van der Waals surface area contributed by atoms with Gasteiger partial charge in [0.2, 0.25) is 5.88 Å². The molecule has 1 unspecified atom stereocenters. The highest BCUT2D eigenvalue weighted by Gasteiger charge is 2.63. The Labute approximate surface area is 178 Å². The summed E-state index contributed by atoms with van der Waals surface area (Å²) in [6.07, 6.45) is -2.96.